The van der Waals surface area contributed by atoms with Gasteiger partial charge in [-0.25, -0.2) is 4.39 Å². The summed E-state index contributed by atoms with van der Waals surface area (Å²) < 4.78 is 13.7. The summed E-state index contributed by atoms with van der Waals surface area (Å²) in [5, 5.41) is 4.83. The SMILES string of the molecule is Cl.NCC(=O)NCC(=O)NC1CCN(c2ccccc2F)C1=O. The van der Waals surface area contributed by atoms with Crippen molar-refractivity contribution < 1.29 is 18.8 Å². The van der Waals surface area contributed by atoms with Gasteiger partial charge in [0.2, 0.25) is 17.7 Å². The Bertz CT molecular complexity index is 599. The van der Waals surface area contributed by atoms with Gasteiger partial charge in [0, 0.05) is 6.54 Å². The molecule has 0 saturated carbocycles. The highest BCUT2D eigenvalue weighted by Crippen LogP contribution is 2.24. The van der Waals surface area contributed by atoms with Gasteiger partial charge in [-0.1, -0.05) is 12.1 Å². The highest BCUT2D eigenvalue weighted by atomic mass is 35.5. The van der Waals surface area contributed by atoms with Crippen molar-refractivity contribution in [3.63, 3.8) is 0 Å². The van der Waals surface area contributed by atoms with Crippen LogP contribution in [0, 0.1) is 5.82 Å². The fourth-order valence-electron chi connectivity index (χ4n) is 2.22. The van der Waals surface area contributed by atoms with Crippen LogP contribution >= 0.6 is 12.4 Å². The molecule has 0 aromatic heterocycles. The van der Waals surface area contributed by atoms with E-state index in [4.69, 9.17) is 5.73 Å². The van der Waals surface area contributed by atoms with Gasteiger partial charge < -0.3 is 21.3 Å². The third-order valence-electron chi connectivity index (χ3n) is 3.32. The summed E-state index contributed by atoms with van der Waals surface area (Å²) in [4.78, 5) is 36.2. The third kappa shape index (κ3) is 4.64. The van der Waals surface area contributed by atoms with E-state index in [9.17, 15) is 18.8 Å². The van der Waals surface area contributed by atoms with Crippen LogP contribution < -0.4 is 21.3 Å². The summed E-state index contributed by atoms with van der Waals surface area (Å²) in [6.45, 7) is -0.143. The fourth-order valence-corrected chi connectivity index (χ4v) is 2.22. The normalized spacial score (nSPS) is 16.7. The number of para-hydroxylation sites is 1. The number of amides is 3. The molecule has 23 heavy (non-hydrogen) atoms. The van der Waals surface area contributed by atoms with Gasteiger partial charge in [0.1, 0.15) is 11.9 Å². The van der Waals surface area contributed by atoms with Crippen LogP contribution in [0.1, 0.15) is 6.42 Å². The lowest BCUT2D eigenvalue weighted by atomic mass is 10.2. The van der Waals surface area contributed by atoms with Crippen molar-refractivity contribution in [1.82, 2.24) is 10.6 Å². The molecule has 7 nitrogen and oxygen atoms in total. The minimum atomic E-state index is -0.720. The Morgan fingerprint density at radius 2 is 2.00 bits per heavy atom. The van der Waals surface area contributed by atoms with Crippen molar-refractivity contribution in [3.8, 4) is 0 Å². The molecule has 0 spiro atoms. The van der Waals surface area contributed by atoms with Crippen LogP contribution in [-0.4, -0.2) is 43.4 Å². The van der Waals surface area contributed by atoms with Crippen LogP contribution in [0.25, 0.3) is 0 Å². The maximum Gasteiger partial charge on any atom is 0.249 e. The van der Waals surface area contributed by atoms with Gasteiger partial charge in [-0.2, -0.15) is 0 Å². The second-order valence-corrected chi connectivity index (χ2v) is 4.83. The zero-order chi connectivity index (χ0) is 16.1. The molecule has 4 N–H and O–H groups in total. The molecule has 126 valence electrons. The Labute approximate surface area is 138 Å². The number of carbonyl (C=O) groups excluding carboxylic acids is 3. The third-order valence-corrected chi connectivity index (χ3v) is 3.32. The molecule has 1 aliphatic heterocycles. The molecule has 0 aliphatic carbocycles. The average Bonchev–Trinajstić information content (AvgIpc) is 2.86. The van der Waals surface area contributed by atoms with E-state index in [1.165, 1.54) is 17.0 Å². The summed E-state index contributed by atoms with van der Waals surface area (Å²) in [6.07, 6.45) is 0.379. The number of carbonyl (C=O) groups is 3. The fraction of sp³-hybridized carbons (Fsp3) is 0.357. The van der Waals surface area contributed by atoms with Crippen molar-refractivity contribution in [2.75, 3.05) is 24.5 Å². The molecule has 1 aromatic carbocycles. The Kier molecular flexibility index (Phi) is 6.92. The molecule has 1 saturated heterocycles. The highest BCUT2D eigenvalue weighted by Gasteiger charge is 2.34. The molecule has 1 aliphatic rings. The molecule has 0 bridgehead atoms. The Morgan fingerprint density at radius 3 is 2.65 bits per heavy atom. The van der Waals surface area contributed by atoms with Crippen LogP contribution in [0.15, 0.2) is 24.3 Å². The van der Waals surface area contributed by atoms with E-state index >= 15 is 0 Å². The van der Waals surface area contributed by atoms with E-state index in [2.05, 4.69) is 10.6 Å². The minimum absolute atomic E-state index is 0. The topological polar surface area (TPSA) is 105 Å². The van der Waals surface area contributed by atoms with Crippen molar-refractivity contribution in [2.24, 2.45) is 5.73 Å². The van der Waals surface area contributed by atoms with Crippen molar-refractivity contribution >= 4 is 35.8 Å². The number of hydrogen-bond acceptors (Lipinski definition) is 4. The summed E-state index contributed by atoms with van der Waals surface area (Å²) in [7, 11) is 0. The van der Waals surface area contributed by atoms with Gasteiger partial charge in [-0.05, 0) is 18.6 Å². The molecule has 2 rings (SSSR count). The predicted octanol–water partition coefficient (Wildman–Crippen LogP) is -0.456. The number of rotatable bonds is 5. The molecule has 3 amide bonds. The summed E-state index contributed by atoms with van der Waals surface area (Å²) in [5.74, 6) is -1.81. The average molecular weight is 345 g/mol. The van der Waals surface area contributed by atoms with Crippen LogP contribution in [0.2, 0.25) is 0 Å². The lowest BCUT2D eigenvalue weighted by Gasteiger charge is -2.17. The standard InChI is InChI=1S/C14H17FN4O3.ClH/c15-9-3-1-2-4-11(9)19-6-5-10(14(19)22)18-13(21)8-17-12(20)7-16;/h1-4,10H,5-8,16H2,(H,17,20)(H,18,21);1H. The second-order valence-electron chi connectivity index (χ2n) is 4.83. The van der Waals surface area contributed by atoms with E-state index in [0.717, 1.165) is 0 Å². The molecule has 1 unspecified atom stereocenters. The van der Waals surface area contributed by atoms with Gasteiger partial charge in [0.25, 0.3) is 0 Å². The van der Waals surface area contributed by atoms with E-state index in [1.807, 2.05) is 0 Å². The number of hydrogen-bond donors (Lipinski definition) is 3. The van der Waals surface area contributed by atoms with Gasteiger partial charge in [0.05, 0.1) is 18.8 Å². The number of halogens is 2. The largest absolute Gasteiger partial charge is 0.346 e. The quantitative estimate of drug-likeness (QED) is 0.672. The first-order valence-corrected chi connectivity index (χ1v) is 6.85. The monoisotopic (exact) mass is 344 g/mol. The summed E-state index contributed by atoms with van der Waals surface area (Å²) in [6, 6.07) is 5.25. The number of nitrogens with one attached hydrogen (secondary N) is 2. The number of anilines is 1. The van der Waals surface area contributed by atoms with E-state index < -0.39 is 23.7 Å². The molecule has 9 heteroatoms. The number of nitrogens with zero attached hydrogens (tertiary/aromatic N) is 1. The molecule has 1 fully saturated rings. The molecule has 1 atom stereocenters. The summed E-state index contributed by atoms with van der Waals surface area (Å²) >= 11 is 0. The van der Waals surface area contributed by atoms with Crippen LogP contribution in [-0.2, 0) is 14.4 Å². The highest BCUT2D eigenvalue weighted by molar-refractivity contribution is 6.01. The Hall–Kier alpha value is -2.19. The van der Waals surface area contributed by atoms with E-state index in [-0.39, 0.29) is 37.1 Å². The second kappa shape index (κ2) is 8.44. The van der Waals surface area contributed by atoms with Gasteiger partial charge in [-0.3, -0.25) is 14.4 Å². The summed E-state index contributed by atoms with van der Waals surface area (Å²) in [5.41, 5.74) is 5.30. The molecule has 0 radical (unpaired) electrons. The molecule has 1 heterocycles. The Balaban J connectivity index is 0.00000264. The zero-order valence-electron chi connectivity index (χ0n) is 12.3. The van der Waals surface area contributed by atoms with Gasteiger partial charge >= 0.3 is 0 Å². The predicted molar refractivity (Wildman–Crippen MR) is 84.6 cm³/mol. The van der Waals surface area contributed by atoms with Crippen molar-refractivity contribution in [3.05, 3.63) is 30.1 Å². The van der Waals surface area contributed by atoms with Crippen LogP contribution in [0.3, 0.4) is 0 Å². The maximum atomic E-state index is 13.7. The van der Waals surface area contributed by atoms with Gasteiger partial charge in [0.15, 0.2) is 0 Å². The lowest BCUT2D eigenvalue weighted by Crippen LogP contribution is -2.46. The van der Waals surface area contributed by atoms with Crippen molar-refractivity contribution in [1.29, 1.82) is 0 Å². The van der Waals surface area contributed by atoms with Crippen molar-refractivity contribution in [2.45, 2.75) is 12.5 Å². The number of benzene rings is 1. The maximum absolute atomic E-state index is 13.7. The first-order valence-electron chi connectivity index (χ1n) is 6.85. The smallest absolute Gasteiger partial charge is 0.249 e. The lowest BCUT2D eigenvalue weighted by molar-refractivity contribution is -0.127. The molecule has 1 aromatic rings. The molecular formula is C14H18ClFN4O3. The first-order chi connectivity index (χ1) is 10.5. The van der Waals surface area contributed by atoms with Gasteiger partial charge in [-0.15, -0.1) is 12.4 Å². The number of nitrogens with two attached hydrogens (primary N) is 1. The van der Waals surface area contributed by atoms with E-state index in [0.29, 0.717) is 13.0 Å². The molecular weight excluding hydrogens is 327 g/mol. The zero-order valence-corrected chi connectivity index (χ0v) is 13.1. The minimum Gasteiger partial charge on any atom is -0.346 e. The van der Waals surface area contributed by atoms with E-state index in [1.54, 1.807) is 12.1 Å². The first kappa shape index (κ1) is 18.9. The Morgan fingerprint density at radius 1 is 1.30 bits per heavy atom. The van der Waals surface area contributed by atoms with Crippen LogP contribution in [0.5, 0.6) is 0 Å². The van der Waals surface area contributed by atoms with Crippen LogP contribution in [0.4, 0.5) is 10.1 Å².